The number of benzene rings is 4. The first-order valence-corrected chi connectivity index (χ1v) is 18.4. The summed E-state index contributed by atoms with van der Waals surface area (Å²) in [5.74, 6) is -0.0157. The first-order chi connectivity index (χ1) is 24.2. The van der Waals surface area contributed by atoms with Gasteiger partial charge in [-0.15, -0.1) is 0 Å². The summed E-state index contributed by atoms with van der Waals surface area (Å²) in [5.41, 5.74) is 0.883. The van der Waals surface area contributed by atoms with Crippen LogP contribution in [-0.4, -0.2) is 64.1 Å². The van der Waals surface area contributed by atoms with Crippen LogP contribution in [0.25, 0.3) is 0 Å². The molecule has 4 aromatic rings. The molecule has 0 radical (unpaired) electrons. The van der Waals surface area contributed by atoms with Crippen LogP contribution in [0.2, 0.25) is 10.0 Å². The standard InChI is InChI=1S/C38H43Cl2N3O7S/c1-7-50-30-17-15-29(16-18-30)43(51(46,47)31-19-20-34(48-5)35(23-31)49-6)25-36(44)42(24-27-13-14-28(39)22-32(27)40)33(37(45)41-38(2,3)4)21-26-11-9-8-10-12-26/h8-20,22-23,33H,7,21,24-25H2,1-6H3,(H,41,45). The second kappa shape index (κ2) is 17.2. The zero-order valence-electron chi connectivity index (χ0n) is 29.5. The Labute approximate surface area is 310 Å². The molecule has 0 aliphatic carbocycles. The monoisotopic (exact) mass is 755 g/mol. The molecule has 1 unspecified atom stereocenters. The maximum absolute atomic E-state index is 14.8. The minimum Gasteiger partial charge on any atom is -0.494 e. The van der Waals surface area contributed by atoms with E-state index >= 15 is 0 Å². The van der Waals surface area contributed by atoms with Crippen LogP contribution in [0.1, 0.15) is 38.8 Å². The molecule has 272 valence electrons. The largest absolute Gasteiger partial charge is 0.494 e. The zero-order chi connectivity index (χ0) is 37.3. The van der Waals surface area contributed by atoms with Crippen molar-refractivity contribution in [3.8, 4) is 17.2 Å². The predicted molar refractivity (Wildman–Crippen MR) is 201 cm³/mol. The third kappa shape index (κ3) is 10.3. The van der Waals surface area contributed by atoms with Crippen molar-refractivity contribution in [1.29, 1.82) is 0 Å². The molecule has 51 heavy (non-hydrogen) atoms. The Balaban J connectivity index is 1.87. The Bertz CT molecular complexity index is 1920. The van der Waals surface area contributed by atoms with Gasteiger partial charge >= 0.3 is 0 Å². The number of halogens is 2. The summed E-state index contributed by atoms with van der Waals surface area (Å²) < 4.78 is 46.3. The number of carbonyl (C=O) groups is 2. The molecule has 10 nitrogen and oxygen atoms in total. The van der Waals surface area contributed by atoms with Gasteiger partial charge in [0.25, 0.3) is 10.0 Å². The van der Waals surface area contributed by atoms with Crippen LogP contribution in [0.15, 0.2) is 95.9 Å². The van der Waals surface area contributed by atoms with Crippen molar-refractivity contribution >= 4 is 50.7 Å². The molecule has 4 rings (SSSR count). The Kier molecular flexibility index (Phi) is 13.2. The molecule has 0 aliphatic heterocycles. The summed E-state index contributed by atoms with van der Waals surface area (Å²) >= 11 is 12.8. The number of amides is 2. The van der Waals surface area contributed by atoms with Crippen molar-refractivity contribution < 1.29 is 32.2 Å². The zero-order valence-corrected chi connectivity index (χ0v) is 31.8. The molecule has 0 saturated carbocycles. The van der Waals surface area contributed by atoms with Crippen molar-refractivity contribution in [2.45, 2.75) is 57.1 Å². The van der Waals surface area contributed by atoms with Crippen LogP contribution in [0.4, 0.5) is 5.69 Å². The lowest BCUT2D eigenvalue weighted by Crippen LogP contribution is -2.56. The minimum atomic E-state index is -4.42. The van der Waals surface area contributed by atoms with E-state index in [1.54, 1.807) is 42.5 Å². The molecule has 0 spiro atoms. The van der Waals surface area contributed by atoms with Crippen molar-refractivity contribution in [1.82, 2.24) is 10.2 Å². The van der Waals surface area contributed by atoms with Gasteiger partial charge in [0.15, 0.2) is 11.5 Å². The van der Waals surface area contributed by atoms with Crippen molar-refractivity contribution in [2.75, 3.05) is 31.7 Å². The van der Waals surface area contributed by atoms with E-state index in [9.17, 15) is 18.0 Å². The SMILES string of the molecule is CCOc1ccc(N(CC(=O)N(Cc2ccc(Cl)cc2Cl)C(Cc2ccccc2)C(=O)NC(C)(C)C)S(=O)(=O)c2ccc(OC)c(OC)c2)cc1. The number of carbonyl (C=O) groups excluding carboxylic acids is 2. The molecular formula is C38H43Cl2N3O7S. The molecule has 1 N–H and O–H groups in total. The molecule has 0 aromatic heterocycles. The van der Waals surface area contributed by atoms with Gasteiger partial charge in [0.2, 0.25) is 11.8 Å². The van der Waals surface area contributed by atoms with E-state index in [1.807, 2.05) is 58.0 Å². The molecule has 4 aromatic carbocycles. The van der Waals surface area contributed by atoms with Gasteiger partial charge in [-0.3, -0.25) is 13.9 Å². The summed E-state index contributed by atoms with van der Waals surface area (Å²) in [6, 6.07) is 23.7. The third-order valence-electron chi connectivity index (χ3n) is 7.78. The van der Waals surface area contributed by atoms with Crippen LogP contribution in [-0.2, 0) is 32.6 Å². The quantitative estimate of drug-likeness (QED) is 0.137. The Morgan fingerprint density at radius 3 is 2.12 bits per heavy atom. The molecule has 1 atom stereocenters. The van der Waals surface area contributed by atoms with Crippen LogP contribution in [0, 0.1) is 0 Å². The highest BCUT2D eigenvalue weighted by Crippen LogP contribution is 2.33. The fourth-order valence-corrected chi connectivity index (χ4v) is 7.25. The lowest BCUT2D eigenvalue weighted by atomic mass is 10.0. The summed E-state index contributed by atoms with van der Waals surface area (Å²) in [5, 5.41) is 3.70. The van der Waals surface area contributed by atoms with Crippen molar-refractivity contribution in [3.05, 3.63) is 112 Å². The van der Waals surface area contributed by atoms with Gasteiger partial charge in [-0.1, -0.05) is 59.6 Å². The van der Waals surface area contributed by atoms with Crippen molar-refractivity contribution in [3.63, 3.8) is 0 Å². The molecule has 13 heteroatoms. The van der Waals surface area contributed by atoms with Gasteiger partial charge in [0, 0.05) is 34.6 Å². The highest BCUT2D eigenvalue weighted by atomic mass is 35.5. The minimum absolute atomic E-state index is 0.114. The topological polar surface area (TPSA) is 114 Å². The van der Waals surface area contributed by atoms with E-state index in [0.717, 1.165) is 9.87 Å². The van der Waals surface area contributed by atoms with Gasteiger partial charge in [-0.05, 0) is 87.4 Å². The van der Waals surface area contributed by atoms with E-state index < -0.39 is 40.0 Å². The van der Waals surface area contributed by atoms with E-state index in [0.29, 0.717) is 28.7 Å². The fraction of sp³-hybridized carbons (Fsp3) is 0.316. The molecule has 0 saturated heterocycles. The number of anilines is 1. The second-order valence-electron chi connectivity index (χ2n) is 12.7. The van der Waals surface area contributed by atoms with Crippen LogP contribution < -0.4 is 23.8 Å². The Morgan fingerprint density at radius 2 is 1.53 bits per heavy atom. The summed E-state index contributed by atoms with van der Waals surface area (Å²) in [4.78, 5) is 30.1. The van der Waals surface area contributed by atoms with Gasteiger partial charge < -0.3 is 24.4 Å². The predicted octanol–water partition coefficient (Wildman–Crippen LogP) is 7.16. The molecular weight excluding hydrogens is 713 g/mol. The molecule has 0 fully saturated rings. The Hall–Kier alpha value is -4.45. The number of rotatable bonds is 15. The maximum Gasteiger partial charge on any atom is 0.264 e. The van der Waals surface area contributed by atoms with Crippen LogP contribution in [0.3, 0.4) is 0 Å². The van der Waals surface area contributed by atoms with Gasteiger partial charge in [-0.25, -0.2) is 8.42 Å². The average Bonchev–Trinajstić information content (AvgIpc) is 3.09. The number of methoxy groups -OCH3 is 2. The first-order valence-electron chi connectivity index (χ1n) is 16.2. The van der Waals surface area contributed by atoms with Gasteiger partial charge in [0.05, 0.1) is 31.4 Å². The second-order valence-corrected chi connectivity index (χ2v) is 15.4. The number of nitrogens with zero attached hydrogens (tertiary/aromatic N) is 2. The number of nitrogens with one attached hydrogen (secondary N) is 1. The molecule has 0 aliphatic rings. The highest BCUT2D eigenvalue weighted by Gasteiger charge is 2.36. The molecule has 0 heterocycles. The summed E-state index contributed by atoms with van der Waals surface area (Å²) in [6.45, 7) is 7.00. The summed E-state index contributed by atoms with van der Waals surface area (Å²) in [7, 11) is -1.58. The highest BCUT2D eigenvalue weighted by molar-refractivity contribution is 7.92. The van der Waals surface area contributed by atoms with E-state index in [4.69, 9.17) is 37.4 Å². The Morgan fingerprint density at radius 1 is 0.863 bits per heavy atom. The lowest BCUT2D eigenvalue weighted by molar-refractivity contribution is -0.140. The van der Waals surface area contributed by atoms with Gasteiger partial charge in [-0.2, -0.15) is 0 Å². The number of hydrogen-bond acceptors (Lipinski definition) is 7. The van der Waals surface area contributed by atoms with E-state index in [-0.39, 0.29) is 34.3 Å². The smallest absolute Gasteiger partial charge is 0.264 e. The first kappa shape index (κ1) is 39.3. The molecule has 0 bridgehead atoms. The lowest BCUT2D eigenvalue weighted by Gasteiger charge is -2.35. The normalized spacial score (nSPS) is 12.1. The molecule has 2 amide bonds. The van der Waals surface area contributed by atoms with Crippen LogP contribution >= 0.6 is 23.2 Å². The average molecular weight is 757 g/mol. The number of ether oxygens (including phenoxy) is 3. The van der Waals surface area contributed by atoms with Crippen molar-refractivity contribution in [2.24, 2.45) is 0 Å². The fourth-order valence-electron chi connectivity index (χ4n) is 5.35. The number of hydrogen-bond donors (Lipinski definition) is 1. The third-order valence-corrected chi connectivity index (χ3v) is 10.1. The van der Waals surface area contributed by atoms with Gasteiger partial charge in [0.1, 0.15) is 18.3 Å². The number of sulfonamides is 1. The summed E-state index contributed by atoms with van der Waals surface area (Å²) in [6.07, 6.45) is 0.144. The van der Waals surface area contributed by atoms with E-state index in [2.05, 4.69) is 5.32 Å². The maximum atomic E-state index is 14.8. The van der Waals surface area contributed by atoms with Crippen LogP contribution in [0.5, 0.6) is 17.2 Å². The van der Waals surface area contributed by atoms with E-state index in [1.165, 1.54) is 37.3 Å².